The van der Waals surface area contributed by atoms with E-state index in [0.717, 1.165) is 5.56 Å². The molecule has 9 heteroatoms. The number of halogens is 1. The molecule has 0 unspecified atom stereocenters. The minimum atomic E-state index is -3.34. The molecule has 7 nitrogen and oxygen atoms in total. The van der Waals surface area contributed by atoms with Crippen LogP contribution in [0.1, 0.15) is 12.6 Å². The molecule has 1 aromatic heterocycles. The van der Waals surface area contributed by atoms with Gasteiger partial charge in [-0.05, 0) is 31.2 Å². The third-order valence-corrected chi connectivity index (χ3v) is 5.81. The Labute approximate surface area is 194 Å². The van der Waals surface area contributed by atoms with Crippen LogP contribution >= 0.6 is 24.0 Å². The average Bonchev–Trinajstić information content (AvgIpc) is 3.22. The summed E-state index contributed by atoms with van der Waals surface area (Å²) in [4.78, 5) is 9.23. The lowest BCUT2D eigenvalue weighted by Gasteiger charge is -2.11. The minimum Gasteiger partial charge on any atom is -0.444 e. The highest BCUT2D eigenvalue weighted by atomic mass is 127. The third kappa shape index (κ3) is 6.84. The van der Waals surface area contributed by atoms with Crippen molar-refractivity contribution < 1.29 is 12.8 Å². The number of guanidine groups is 1. The Balaban J connectivity index is 0.00000320. The number of hydrogen-bond donors (Lipinski definition) is 2. The summed E-state index contributed by atoms with van der Waals surface area (Å²) in [5, 5.41) is 6.16. The molecule has 30 heavy (non-hydrogen) atoms. The first kappa shape index (κ1) is 23.9. The van der Waals surface area contributed by atoms with E-state index in [0.29, 0.717) is 35.5 Å². The second-order valence-corrected chi connectivity index (χ2v) is 8.37. The topological polar surface area (TPSA) is 96.6 Å². The maximum absolute atomic E-state index is 12.4. The SMILES string of the molecule is CCNC(=NCc1coc(-c2ccccc2)n1)NCCS(=O)(=O)c1ccccc1.I. The summed E-state index contributed by atoms with van der Waals surface area (Å²) in [6.07, 6.45) is 1.58. The van der Waals surface area contributed by atoms with Crippen LogP contribution in [0.25, 0.3) is 11.5 Å². The van der Waals surface area contributed by atoms with E-state index in [1.807, 2.05) is 37.3 Å². The molecule has 0 bridgehead atoms. The minimum absolute atomic E-state index is 0. The molecule has 0 radical (unpaired) electrons. The molecule has 160 valence electrons. The number of sulfone groups is 1. The number of hydrogen-bond acceptors (Lipinski definition) is 5. The van der Waals surface area contributed by atoms with Gasteiger partial charge in [0.1, 0.15) is 12.0 Å². The number of nitrogens with zero attached hydrogens (tertiary/aromatic N) is 2. The van der Waals surface area contributed by atoms with Crippen LogP contribution in [0.2, 0.25) is 0 Å². The Morgan fingerprint density at radius 1 is 1.03 bits per heavy atom. The van der Waals surface area contributed by atoms with Crippen molar-refractivity contribution in [3.63, 3.8) is 0 Å². The lowest BCUT2D eigenvalue weighted by atomic mass is 10.2. The van der Waals surface area contributed by atoms with Crippen molar-refractivity contribution in [2.75, 3.05) is 18.8 Å². The van der Waals surface area contributed by atoms with E-state index >= 15 is 0 Å². The summed E-state index contributed by atoms with van der Waals surface area (Å²) < 4.78 is 30.2. The number of aromatic nitrogens is 1. The monoisotopic (exact) mass is 540 g/mol. The first-order valence-corrected chi connectivity index (χ1v) is 11.0. The third-order valence-electron chi connectivity index (χ3n) is 4.08. The van der Waals surface area contributed by atoms with Crippen molar-refractivity contribution in [2.24, 2.45) is 4.99 Å². The summed E-state index contributed by atoms with van der Waals surface area (Å²) in [5.41, 5.74) is 1.59. The van der Waals surface area contributed by atoms with E-state index < -0.39 is 9.84 Å². The van der Waals surface area contributed by atoms with Gasteiger partial charge in [-0.3, -0.25) is 0 Å². The van der Waals surface area contributed by atoms with Gasteiger partial charge in [0.15, 0.2) is 15.8 Å². The lowest BCUT2D eigenvalue weighted by Crippen LogP contribution is -2.39. The van der Waals surface area contributed by atoms with Crippen LogP contribution in [0.3, 0.4) is 0 Å². The van der Waals surface area contributed by atoms with Gasteiger partial charge in [0.25, 0.3) is 0 Å². The highest BCUT2D eigenvalue weighted by Crippen LogP contribution is 2.18. The van der Waals surface area contributed by atoms with Crippen molar-refractivity contribution in [3.05, 3.63) is 72.6 Å². The van der Waals surface area contributed by atoms with Crippen LogP contribution in [0.4, 0.5) is 0 Å². The molecule has 0 aliphatic carbocycles. The molecule has 0 fully saturated rings. The molecule has 2 aromatic carbocycles. The molecular formula is C21H25IN4O3S. The maximum atomic E-state index is 12.4. The van der Waals surface area contributed by atoms with Gasteiger partial charge < -0.3 is 15.1 Å². The van der Waals surface area contributed by atoms with Crippen molar-refractivity contribution in [1.82, 2.24) is 15.6 Å². The fourth-order valence-corrected chi connectivity index (χ4v) is 3.82. The van der Waals surface area contributed by atoms with Crippen LogP contribution < -0.4 is 10.6 Å². The van der Waals surface area contributed by atoms with Crippen molar-refractivity contribution in [1.29, 1.82) is 0 Å². The first-order valence-electron chi connectivity index (χ1n) is 9.38. The highest BCUT2D eigenvalue weighted by Gasteiger charge is 2.13. The molecule has 2 N–H and O–H groups in total. The Kier molecular flexibility index (Phi) is 9.31. The summed E-state index contributed by atoms with van der Waals surface area (Å²) in [6, 6.07) is 18.1. The number of oxazole rings is 1. The number of rotatable bonds is 8. The molecule has 0 amide bonds. The Bertz CT molecular complexity index is 1040. The van der Waals surface area contributed by atoms with Crippen molar-refractivity contribution >= 4 is 39.8 Å². The van der Waals surface area contributed by atoms with Gasteiger partial charge in [-0.15, -0.1) is 24.0 Å². The van der Waals surface area contributed by atoms with E-state index in [-0.39, 0.29) is 36.3 Å². The zero-order valence-electron chi connectivity index (χ0n) is 16.6. The van der Waals surface area contributed by atoms with E-state index in [1.165, 1.54) is 0 Å². The normalized spacial score (nSPS) is 11.6. The van der Waals surface area contributed by atoms with Gasteiger partial charge >= 0.3 is 0 Å². The van der Waals surface area contributed by atoms with Gasteiger partial charge in [-0.1, -0.05) is 36.4 Å². The Hall–Kier alpha value is -2.40. The second-order valence-electron chi connectivity index (χ2n) is 6.26. The van der Waals surface area contributed by atoms with E-state index in [1.54, 1.807) is 36.6 Å². The number of benzene rings is 2. The van der Waals surface area contributed by atoms with Gasteiger partial charge in [-0.25, -0.2) is 18.4 Å². The molecule has 0 saturated heterocycles. The van der Waals surface area contributed by atoms with E-state index in [4.69, 9.17) is 4.42 Å². The van der Waals surface area contributed by atoms with Crippen LogP contribution in [-0.4, -0.2) is 38.2 Å². The van der Waals surface area contributed by atoms with Crippen molar-refractivity contribution in [3.8, 4) is 11.5 Å². The Morgan fingerprint density at radius 2 is 1.70 bits per heavy atom. The van der Waals surface area contributed by atoms with Crippen molar-refractivity contribution in [2.45, 2.75) is 18.4 Å². The van der Waals surface area contributed by atoms with Gasteiger partial charge in [0, 0.05) is 18.7 Å². The van der Waals surface area contributed by atoms with Gasteiger partial charge in [-0.2, -0.15) is 0 Å². The Morgan fingerprint density at radius 3 is 2.37 bits per heavy atom. The average molecular weight is 540 g/mol. The zero-order valence-corrected chi connectivity index (χ0v) is 19.8. The van der Waals surface area contributed by atoms with E-state index in [2.05, 4.69) is 20.6 Å². The van der Waals surface area contributed by atoms with Crippen LogP contribution in [-0.2, 0) is 16.4 Å². The molecule has 3 rings (SSSR count). The summed E-state index contributed by atoms with van der Waals surface area (Å²) >= 11 is 0. The molecule has 0 aliphatic heterocycles. The molecule has 0 aliphatic rings. The summed E-state index contributed by atoms with van der Waals surface area (Å²) in [5.74, 6) is 1.05. The fourth-order valence-electron chi connectivity index (χ4n) is 2.64. The fraction of sp³-hybridized carbons (Fsp3) is 0.238. The summed E-state index contributed by atoms with van der Waals surface area (Å²) in [6.45, 7) is 3.17. The smallest absolute Gasteiger partial charge is 0.226 e. The zero-order chi connectivity index (χ0) is 20.5. The molecule has 3 aromatic rings. The maximum Gasteiger partial charge on any atom is 0.226 e. The quantitative estimate of drug-likeness (QED) is 0.258. The molecule has 1 heterocycles. The van der Waals surface area contributed by atoms with Crippen LogP contribution in [0.15, 0.2) is 81.2 Å². The number of aliphatic imine (C=N–C) groups is 1. The van der Waals surface area contributed by atoms with Crippen LogP contribution in [0.5, 0.6) is 0 Å². The predicted octanol–water partition coefficient (Wildman–Crippen LogP) is 3.49. The largest absolute Gasteiger partial charge is 0.444 e. The first-order chi connectivity index (χ1) is 14.1. The highest BCUT2D eigenvalue weighted by molar-refractivity contribution is 14.0. The predicted molar refractivity (Wildman–Crippen MR) is 129 cm³/mol. The van der Waals surface area contributed by atoms with E-state index in [9.17, 15) is 8.42 Å². The molecule has 0 spiro atoms. The van der Waals surface area contributed by atoms with Gasteiger partial charge in [0.2, 0.25) is 5.89 Å². The van der Waals surface area contributed by atoms with Gasteiger partial charge in [0.05, 0.1) is 17.2 Å². The molecule has 0 atom stereocenters. The molecule has 0 saturated carbocycles. The van der Waals surface area contributed by atoms with Crippen LogP contribution in [0, 0.1) is 0 Å². The number of nitrogens with one attached hydrogen (secondary N) is 2. The lowest BCUT2D eigenvalue weighted by molar-refractivity contribution is 0.572. The summed E-state index contributed by atoms with van der Waals surface area (Å²) in [7, 11) is -3.34. The molecular weight excluding hydrogens is 515 g/mol. The second kappa shape index (κ2) is 11.7. The standard InChI is InChI=1S/C21H24N4O3S.HI/c1-2-22-21(23-13-14-29(26,27)19-11-7-4-8-12-19)24-15-18-16-28-20(25-18)17-9-5-3-6-10-17;/h3-12,16H,2,13-15H2,1H3,(H2,22,23,24);1H.